The second kappa shape index (κ2) is 7.17. The number of ketones is 1. The van der Waals surface area contributed by atoms with Crippen molar-refractivity contribution in [1.29, 1.82) is 0 Å². The molecular weight excluding hydrogens is 308 g/mol. The van der Waals surface area contributed by atoms with Crippen molar-refractivity contribution >= 4 is 11.8 Å². The van der Waals surface area contributed by atoms with Crippen molar-refractivity contribution in [1.82, 2.24) is 0 Å². The molecule has 124 valence electrons. The van der Waals surface area contributed by atoms with E-state index in [0.29, 0.717) is 17.1 Å². The summed E-state index contributed by atoms with van der Waals surface area (Å²) in [6, 6.07) is 14.4. The van der Waals surface area contributed by atoms with E-state index < -0.39 is 12.1 Å². The number of Topliss-reactive ketones (excluding diaryl/α,β-unsaturated/α-hetero) is 1. The van der Waals surface area contributed by atoms with Gasteiger partial charge in [0.2, 0.25) is 6.10 Å². The summed E-state index contributed by atoms with van der Waals surface area (Å²) in [5.41, 5.74) is 1.67. The van der Waals surface area contributed by atoms with Crippen LogP contribution in [0.3, 0.4) is 0 Å². The van der Waals surface area contributed by atoms with Gasteiger partial charge in [-0.05, 0) is 24.1 Å². The Hall–Kier alpha value is -2.82. The summed E-state index contributed by atoms with van der Waals surface area (Å²) >= 11 is 0. The molecule has 5 nitrogen and oxygen atoms in total. The maximum atomic E-state index is 12.1. The first-order valence-corrected chi connectivity index (χ1v) is 7.84. The lowest BCUT2D eigenvalue weighted by molar-refractivity contribution is -0.153. The molecule has 1 heterocycles. The van der Waals surface area contributed by atoms with Crippen molar-refractivity contribution in [2.75, 3.05) is 13.2 Å². The van der Waals surface area contributed by atoms with Crippen LogP contribution in [0.25, 0.3) is 0 Å². The van der Waals surface area contributed by atoms with Crippen molar-refractivity contribution in [3.8, 4) is 11.5 Å². The highest BCUT2D eigenvalue weighted by Gasteiger charge is 2.29. The summed E-state index contributed by atoms with van der Waals surface area (Å²) < 4.78 is 16.1. The fourth-order valence-electron chi connectivity index (χ4n) is 2.37. The van der Waals surface area contributed by atoms with Crippen molar-refractivity contribution in [2.45, 2.75) is 19.4 Å². The Morgan fingerprint density at radius 2 is 1.79 bits per heavy atom. The number of fused-ring (bicyclic) bond motifs is 1. The van der Waals surface area contributed by atoms with Crippen LogP contribution in [0.15, 0.2) is 48.5 Å². The monoisotopic (exact) mass is 326 g/mol. The predicted molar refractivity (Wildman–Crippen MR) is 87.5 cm³/mol. The SMILES string of the molecule is CCc1ccc(C(=O)COC(=O)[C@@H]2COc3ccccc3O2)cc1. The molecule has 24 heavy (non-hydrogen) atoms. The average molecular weight is 326 g/mol. The number of para-hydroxylation sites is 2. The fourth-order valence-corrected chi connectivity index (χ4v) is 2.37. The molecule has 0 fully saturated rings. The lowest BCUT2D eigenvalue weighted by atomic mass is 10.1. The highest BCUT2D eigenvalue weighted by atomic mass is 16.6. The topological polar surface area (TPSA) is 61.8 Å². The Morgan fingerprint density at radius 3 is 2.50 bits per heavy atom. The van der Waals surface area contributed by atoms with Crippen LogP contribution in [0.4, 0.5) is 0 Å². The van der Waals surface area contributed by atoms with Crippen LogP contribution in [0.5, 0.6) is 11.5 Å². The van der Waals surface area contributed by atoms with Gasteiger partial charge in [-0.15, -0.1) is 0 Å². The van der Waals surface area contributed by atoms with Gasteiger partial charge in [0.1, 0.15) is 6.61 Å². The molecule has 1 aliphatic heterocycles. The zero-order valence-corrected chi connectivity index (χ0v) is 13.4. The van der Waals surface area contributed by atoms with E-state index in [2.05, 4.69) is 0 Å². The molecule has 0 unspecified atom stereocenters. The summed E-state index contributed by atoms with van der Waals surface area (Å²) in [5, 5.41) is 0. The maximum absolute atomic E-state index is 12.1. The average Bonchev–Trinajstić information content (AvgIpc) is 2.65. The number of aryl methyl sites for hydroxylation is 1. The van der Waals surface area contributed by atoms with Gasteiger partial charge in [0.05, 0.1) is 0 Å². The maximum Gasteiger partial charge on any atom is 0.351 e. The Labute approximate surface area is 140 Å². The number of esters is 1. The number of benzene rings is 2. The fraction of sp³-hybridized carbons (Fsp3) is 0.263. The summed E-state index contributed by atoms with van der Waals surface area (Å²) in [4.78, 5) is 24.1. The standard InChI is InChI=1S/C19H18O5/c1-2-13-7-9-14(10-8-13)15(20)11-23-19(21)18-12-22-16-5-3-4-6-17(16)24-18/h3-10,18H,2,11-12H2,1H3/t18-/m0/s1. The van der Waals surface area contributed by atoms with Crippen molar-refractivity contribution in [3.63, 3.8) is 0 Å². The van der Waals surface area contributed by atoms with Crippen molar-refractivity contribution < 1.29 is 23.8 Å². The van der Waals surface area contributed by atoms with E-state index in [1.807, 2.05) is 25.1 Å². The summed E-state index contributed by atoms with van der Waals surface area (Å²) in [6.45, 7) is 1.80. The third kappa shape index (κ3) is 3.56. The second-order valence-electron chi connectivity index (χ2n) is 5.45. The summed E-state index contributed by atoms with van der Waals surface area (Å²) in [5.74, 6) is 0.229. The molecule has 0 amide bonds. The number of hydrogen-bond donors (Lipinski definition) is 0. The predicted octanol–water partition coefficient (Wildman–Crippen LogP) is 2.81. The number of hydrogen-bond acceptors (Lipinski definition) is 5. The highest BCUT2D eigenvalue weighted by Crippen LogP contribution is 2.31. The minimum Gasteiger partial charge on any atom is -0.485 e. The van der Waals surface area contributed by atoms with Gasteiger partial charge in [-0.2, -0.15) is 0 Å². The van der Waals surface area contributed by atoms with Crippen molar-refractivity contribution in [2.24, 2.45) is 0 Å². The molecule has 5 heteroatoms. The minimum absolute atomic E-state index is 0.0647. The third-order valence-corrected chi connectivity index (χ3v) is 3.80. The summed E-state index contributed by atoms with van der Waals surface area (Å²) in [6.07, 6.45) is 0.0411. The van der Waals surface area contributed by atoms with E-state index in [0.717, 1.165) is 12.0 Å². The smallest absolute Gasteiger partial charge is 0.351 e. The first kappa shape index (κ1) is 16.1. The molecule has 1 aliphatic rings. The van der Waals surface area contributed by atoms with Crippen LogP contribution in [0.1, 0.15) is 22.8 Å². The van der Waals surface area contributed by atoms with Gasteiger partial charge in [0.25, 0.3) is 0 Å². The Kier molecular flexibility index (Phi) is 4.79. The lowest BCUT2D eigenvalue weighted by Crippen LogP contribution is -2.38. The van der Waals surface area contributed by atoms with E-state index in [4.69, 9.17) is 14.2 Å². The van der Waals surface area contributed by atoms with Crippen LogP contribution >= 0.6 is 0 Å². The number of carbonyl (C=O) groups excluding carboxylic acids is 2. The number of carbonyl (C=O) groups is 2. The molecule has 0 spiro atoms. The van der Waals surface area contributed by atoms with Crippen LogP contribution in [0.2, 0.25) is 0 Å². The first-order chi connectivity index (χ1) is 11.7. The van der Waals surface area contributed by atoms with Gasteiger partial charge >= 0.3 is 5.97 Å². The van der Waals surface area contributed by atoms with E-state index in [1.54, 1.807) is 30.3 Å². The molecular formula is C19H18O5. The molecule has 2 aromatic rings. The van der Waals surface area contributed by atoms with E-state index >= 15 is 0 Å². The second-order valence-corrected chi connectivity index (χ2v) is 5.45. The molecule has 0 bridgehead atoms. The van der Waals surface area contributed by atoms with E-state index in [1.165, 1.54) is 0 Å². The van der Waals surface area contributed by atoms with Crippen LogP contribution in [0, 0.1) is 0 Å². The molecule has 3 rings (SSSR count). The molecule has 0 N–H and O–H groups in total. The number of ether oxygens (including phenoxy) is 3. The molecule has 0 aliphatic carbocycles. The van der Waals surface area contributed by atoms with E-state index in [9.17, 15) is 9.59 Å². The number of rotatable bonds is 5. The molecule has 0 saturated heterocycles. The minimum atomic E-state index is -0.866. The molecule has 0 radical (unpaired) electrons. The zero-order chi connectivity index (χ0) is 16.9. The van der Waals surface area contributed by atoms with Gasteiger partial charge in [-0.3, -0.25) is 4.79 Å². The zero-order valence-electron chi connectivity index (χ0n) is 13.4. The van der Waals surface area contributed by atoms with Gasteiger partial charge in [-0.1, -0.05) is 43.3 Å². The third-order valence-electron chi connectivity index (χ3n) is 3.80. The normalized spacial score (nSPS) is 15.6. The summed E-state index contributed by atoms with van der Waals surface area (Å²) in [7, 11) is 0. The molecule has 2 aromatic carbocycles. The lowest BCUT2D eigenvalue weighted by Gasteiger charge is -2.24. The Balaban J connectivity index is 1.55. The van der Waals surface area contributed by atoms with Gasteiger partial charge in [-0.25, -0.2) is 4.79 Å². The van der Waals surface area contributed by atoms with Crippen LogP contribution in [-0.2, 0) is 16.0 Å². The first-order valence-electron chi connectivity index (χ1n) is 7.84. The Morgan fingerprint density at radius 1 is 1.08 bits per heavy atom. The molecule has 0 saturated carbocycles. The van der Waals surface area contributed by atoms with Crippen molar-refractivity contribution in [3.05, 3.63) is 59.7 Å². The Bertz CT molecular complexity index is 736. The molecule has 1 atom stereocenters. The van der Waals surface area contributed by atoms with Crippen LogP contribution in [-0.4, -0.2) is 31.1 Å². The van der Waals surface area contributed by atoms with Gasteiger partial charge in [0.15, 0.2) is 23.9 Å². The van der Waals surface area contributed by atoms with Gasteiger partial charge < -0.3 is 14.2 Å². The van der Waals surface area contributed by atoms with E-state index in [-0.39, 0.29) is 19.0 Å². The quantitative estimate of drug-likeness (QED) is 0.624. The largest absolute Gasteiger partial charge is 0.485 e. The van der Waals surface area contributed by atoms with Crippen LogP contribution < -0.4 is 9.47 Å². The molecule has 0 aromatic heterocycles. The van der Waals surface area contributed by atoms with Gasteiger partial charge in [0, 0.05) is 5.56 Å². The highest BCUT2D eigenvalue weighted by molar-refractivity contribution is 5.98.